The van der Waals surface area contributed by atoms with Crippen molar-refractivity contribution in [2.24, 2.45) is 0 Å². The van der Waals surface area contributed by atoms with Gasteiger partial charge in [0.05, 0.1) is 33.1 Å². The molecule has 49 heavy (non-hydrogen) atoms. The number of fused-ring (bicyclic) bond motifs is 13. The molecule has 228 valence electrons. The summed E-state index contributed by atoms with van der Waals surface area (Å²) in [5.74, 6) is 0. The molecule has 0 saturated heterocycles. The molecule has 0 bridgehead atoms. The molecule has 11 aromatic rings. The van der Waals surface area contributed by atoms with E-state index < -0.39 is 0 Å². The highest BCUT2D eigenvalue weighted by molar-refractivity contribution is 6.36. The van der Waals surface area contributed by atoms with Crippen LogP contribution in [0.3, 0.4) is 0 Å². The van der Waals surface area contributed by atoms with Gasteiger partial charge in [0.25, 0.3) is 0 Å². The van der Waals surface area contributed by atoms with Crippen molar-refractivity contribution in [3.8, 4) is 17.1 Å². The molecule has 0 aliphatic carbocycles. The maximum Gasteiger partial charge on any atom is 0.0641 e. The SMILES string of the molecule is c1ccc(-n2c3ccccc3c3c4c(ccc32)ccc2c4c3ccc4c(c5ccccc5n4-c4ccccc4)c3n2-c2ccccc2)cc1. The van der Waals surface area contributed by atoms with Gasteiger partial charge in [-0.1, -0.05) is 109 Å². The molecule has 0 unspecified atom stereocenters. The lowest BCUT2D eigenvalue weighted by Crippen LogP contribution is -1.95. The predicted molar refractivity (Wildman–Crippen MR) is 207 cm³/mol. The lowest BCUT2D eigenvalue weighted by Gasteiger charge is -2.10. The van der Waals surface area contributed by atoms with E-state index in [0.717, 1.165) is 11.4 Å². The number of hydrogen-bond acceptors (Lipinski definition) is 0. The molecule has 3 heteroatoms. The smallest absolute Gasteiger partial charge is 0.0641 e. The van der Waals surface area contributed by atoms with Crippen LogP contribution >= 0.6 is 0 Å². The van der Waals surface area contributed by atoms with Crippen molar-refractivity contribution < 1.29 is 0 Å². The molecule has 0 amide bonds. The summed E-state index contributed by atoms with van der Waals surface area (Å²) < 4.78 is 7.34. The normalized spacial score (nSPS) is 12.1. The van der Waals surface area contributed by atoms with Gasteiger partial charge in [0.1, 0.15) is 0 Å². The van der Waals surface area contributed by atoms with Crippen LogP contribution in [0.5, 0.6) is 0 Å². The van der Waals surface area contributed by atoms with Crippen LogP contribution in [0.2, 0.25) is 0 Å². The third-order valence-corrected chi connectivity index (χ3v) is 10.4. The van der Waals surface area contributed by atoms with Crippen molar-refractivity contribution >= 4 is 76.2 Å². The van der Waals surface area contributed by atoms with Crippen molar-refractivity contribution in [1.82, 2.24) is 13.7 Å². The van der Waals surface area contributed by atoms with Crippen LogP contribution in [-0.2, 0) is 0 Å². The standard InChI is InChI=1S/C46H29N3/c1-4-14-31(15-5-1)47-37-22-12-10-20-34(37)43-39(47)27-24-30-25-28-40-44(42(30)43)36-26-29-41-45(46(36)49(40)33-18-8-3-9-19-33)35-21-11-13-23-38(35)48(41)32-16-6-2-7-17-32/h1-29H. The van der Waals surface area contributed by atoms with E-state index >= 15 is 0 Å². The molecule has 0 atom stereocenters. The second kappa shape index (κ2) is 9.96. The number of aromatic nitrogens is 3. The van der Waals surface area contributed by atoms with Crippen LogP contribution in [0.1, 0.15) is 0 Å². The van der Waals surface area contributed by atoms with Gasteiger partial charge in [-0.05, 0) is 72.1 Å². The van der Waals surface area contributed by atoms with E-state index in [-0.39, 0.29) is 0 Å². The van der Waals surface area contributed by atoms with Crippen LogP contribution in [0.25, 0.3) is 93.3 Å². The highest BCUT2D eigenvalue weighted by atomic mass is 15.0. The van der Waals surface area contributed by atoms with E-state index in [4.69, 9.17) is 0 Å². The summed E-state index contributed by atoms with van der Waals surface area (Å²) in [7, 11) is 0. The summed E-state index contributed by atoms with van der Waals surface area (Å²) in [5, 5.41) is 10.2. The third kappa shape index (κ3) is 3.56. The molecule has 3 heterocycles. The van der Waals surface area contributed by atoms with Gasteiger partial charge in [-0.25, -0.2) is 0 Å². The number of para-hydroxylation sites is 5. The highest BCUT2D eigenvalue weighted by Crippen LogP contribution is 2.46. The maximum absolute atomic E-state index is 2.50. The van der Waals surface area contributed by atoms with Crippen molar-refractivity contribution in [2.45, 2.75) is 0 Å². The molecule has 11 rings (SSSR count). The molecule has 0 aliphatic heterocycles. The maximum atomic E-state index is 2.50. The Kier molecular flexibility index (Phi) is 5.38. The summed E-state index contributed by atoms with van der Waals surface area (Å²) in [6.07, 6.45) is 0. The van der Waals surface area contributed by atoms with Crippen molar-refractivity contribution in [3.63, 3.8) is 0 Å². The molecule has 0 radical (unpaired) electrons. The first-order valence-corrected chi connectivity index (χ1v) is 16.9. The second-order valence-corrected chi connectivity index (χ2v) is 12.9. The van der Waals surface area contributed by atoms with Gasteiger partial charge in [0.15, 0.2) is 0 Å². The Bertz CT molecular complexity index is 3070. The first-order chi connectivity index (χ1) is 24.4. The lowest BCUT2D eigenvalue weighted by atomic mass is 9.98. The van der Waals surface area contributed by atoms with Gasteiger partial charge in [0.2, 0.25) is 0 Å². The molecule has 0 N–H and O–H groups in total. The Balaban J connectivity index is 1.40. The molecular weight excluding hydrogens is 595 g/mol. The van der Waals surface area contributed by atoms with Gasteiger partial charge >= 0.3 is 0 Å². The van der Waals surface area contributed by atoms with Gasteiger partial charge in [-0.2, -0.15) is 0 Å². The molecule has 0 spiro atoms. The number of benzene rings is 8. The highest BCUT2D eigenvalue weighted by Gasteiger charge is 2.24. The monoisotopic (exact) mass is 623 g/mol. The zero-order valence-electron chi connectivity index (χ0n) is 26.6. The third-order valence-electron chi connectivity index (χ3n) is 10.4. The van der Waals surface area contributed by atoms with Crippen LogP contribution in [0.15, 0.2) is 176 Å². The van der Waals surface area contributed by atoms with Crippen molar-refractivity contribution in [1.29, 1.82) is 0 Å². The van der Waals surface area contributed by atoms with Crippen LogP contribution in [0.4, 0.5) is 0 Å². The van der Waals surface area contributed by atoms with Crippen LogP contribution < -0.4 is 0 Å². The largest absolute Gasteiger partial charge is 0.309 e. The minimum atomic E-state index is 1.16. The van der Waals surface area contributed by atoms with Gasteiger partial charge in [0, 0.05) is 54.8 Å². The van der Waals surface area contributed by atoms with Gasteiger partial charge in [-0.15, -0.1) is 0 Å². The lowest BCUT2D eigenvalue weighted by molar-refractivity contribution is 1.17. The Labute approximate surface area is 282 Å². The number of nitrogens with zero attached hydrogens (tertiary/aromatic N) is 3. The molecule has 3 aromatic heterocycles. The fraction of sp³-hybridized carbons (Fsp3) is 0. The zero-order chi connectivity index (χ0) is 32.1. The number of hydrogen-bond donors (Lipinski definition) is 0. The minimum absolute atomic E-state index is 1.16. The minimum Gasteiger partial charge on any atom is -0.309 e. The van der Waals surface area contributed by atoms with Gasteiger partial charge < -0.3 is 13.7 Å². The van der Waals surface area contributed by atoms with Crippen molar-refractivity contribution in [2.75, 3.05) is 0 Å². The Morgan fingerprint density at radius 2 is 0.653 bits per heavy atom. The molecule has 0 saturated carbocycles. The average Bonchev–Trinajstić information content (AvgIpc) is 3.81. The average molecular weight is 624 g/mol. The van der Waals surface area contributed by atoms with Crippen LogP contribution in [-0.4, -0.2) is 13.7 Å². The molecule has 0 aliphatic rings. The summed E-state index contributed by atoms with van der Waals surface area (Å²) >= 11 is 0. The number of rotatable bonds is 3. The molecular formula is C46H29N3. The summed E-state index contributed by atoms with van der Waals surface area (Å²) in [5.41, 5.74) is 10.8. The quantitative estimate of drug-likeness (QED) is 0.186. The van der Waals surface area contributed by atoms with Gasteiger partial charge in [-0.3, -0.25) is 0 Å². The summed E-state index contributed by atoms with van der Waals surface area (Å²) in [6.45, 7) is 0. The fourth-order valence-electron chi connectivity index (χ4n) is 8.48. The zero-order valence-corrected chi connectivity index (χ0v) is 26.6. The fourth-order valence-corrected chi connectivity index (χ4v) is 8.48. The second-order valence-electron chi connectivity index (χ2n) is 12.9. The van der Waals surface area contributed by atoms with E-state index in [0.29, 0.717) is 0 Å². The van der Waals surface area contributed by atoms with Crippen LogP contribution in [0, 0.1) is 0 Å². The Hall–Kier alpha value is -6.58. The topological polar surface area (TPSA) is 14.8 Å². The van der Waals surface area contributed by atoms with E-state index in [9.17, 15) is 0 Å². The van der Waals surface area contributed by atoms with E-state index in [1.54, 1.807) is 0 Å². The predicted octanol–water partition coefficient (Wildman–Crippen LogP) is 12.1. The molecule has 8 aromatic carbocycles. The van der Waals surface area contributed by atoms with Crippen molar-refractivity contribution in [3.05, 3.63) is 176 Å². The van der Waals surface area contributed by atoms with E-state index in [1.807, 2.05) is 0 Å². The molecule has 3 nitrogen and oxygen atoms in total. The van der Waals surface area contributed by atoms with E-state index in [2.05, 4.69) is 190 Å². The molecule has 0 fully saturated rings. The Morgan fingerprint density at radius 1 is 0.245 bits per heavy atom. The first kappa shape index (κ1) is 26.5. The summed E-state index contributed by atoms with van der Waals surface area (Å²) in [6, 6.07) is 64.0. The van der Waals surface area contributed by atoms with E-state index in [1.165, 1.54) is 81.9 Å². The summed E-state index contributed by atoms with van der Waals surface area (Å²) in [4.78, 5) is 0. The first-order valence-electron chi connectivity index (χ1n) is 16.9. The Morgan fingerprint density at radius 3 is 1.22 bits per heavy atom.